The number of hydrogen-bond acceptors (Lipinski definition) is 3. The zero-order valence-corrected chi connectivity index (χ0v) is 5.61. The molecule has 4 nitrogen and oxygen atoms in total. The van der Waals surface area contributed by atoms with Crippen LogP contribution in [-0.2, 0) is 0 Å². The molecule has 11 heavy (non-hydrogen) atoms. The van der Waals surface area contributed by atoms with Crippen LogP contribution < -0.4 is 5.56 Å². The summed E-state index contributed by atoms with van der Waals surface area (Å²) in [4.78, 5) is 14.7. The third kappa shape index (κ3) is 0.980. The number of aromatic nitrogens is 3. The van der Waals surface area contributed by atoms with Gasteiger partial charge >= 0.3 is 0 Å². The van der Waals surface area contributed by atoms with Crippen molar-refractivity contribution in [2.75, 3.05) is 0 Å². The zero-order chi connectivity index (χ0) is 7.68. The number of fused-ring (bicyclic) bond motifs is 1. The molecule has 2 rings (SSSR count). The first-order chi connectivity index (χ1) is 5.36. The van der Waals surface area contributed by atoms with Crippen LogP contribution in [0.25, 0.3) is 11.0 Å². The van der Waals surface area contributed by atoms with Crippen molar-refractivity contribution in [2.45, 2.75) is 0 Å². The molecule has 0 radical (unpaired) electrons. The normalized spacial score (nSPS) is 10.2. The maximum atomic E-state index is 10.7. The van der Waals surface area contributed by atoms with Gasteiger partial charge in [0.05, 0.1) is 5.52 Å². The third-order valence-electron chi connectivity index (χ3n) is 1.37. The topological polar surface area (TPSA) is 58.6 Å². The number of pyridine rings is 1. The Morgan fingerprint density at radius 1 is 1.36 bits per heavy atom. The largest absolute Gasteiger partial charge is 0.268 e. The van der Waals surface area contributed by atoms with E-state index < -0.39 is 0 Å². The van der Waals surface area contributed by atoms with Crippen LogP contribution in [0.4, 0.5) is 0 Å². The molecule has 2 aromatic heterocycles. The summed E-state index contributed by atoms with van der Waals surface area (Å²) in [5, 5.41) is 6.11. The molecular formula is C7H5N3O. The van der Waals surface area contributed by atoms with Gasteiger partial charge in [0, 0.05) is 12.3 Å². The van der Waals surface area contributed by atoms with Gasteiger partial charge in [0.15, 0.2) is 0 Å². The fraction of sp³-hybridized carbons (Fsp3) is 0. The summed E-state index contributed by atoms with van der Waals surface area (Å²) in [6.07, 6.45) is 1.63. The van der Waals surface area contributed by atoms with Crippen LogP contribution in [0.2, 0.25) is 0 Å². The average molecular weight is 147 g/mol. The molecular weight excluding hydrogens is 142 g/mol. The van der Waals surface area contributed by atoms with Crippen LogP contribution in [0, 0.1) is 0 Å². The highest BCUT2D eigenvalue weighted by atomic mass is 16.1. The molecule has 0 saturated carbocycles. The van der Waals surface area contributed by atoms with Crippen molar-refractivity contribution in [3.63, 3.8) is 0 Å². The Labute approximate surface area is 61.9 Å². The number of rotatable bonds is 0. The summed E-state index contributed by atoms with van der Waals surface area (Å²) in [7, 11) is 0. The summed E-state index contributed by atoms with van der Waals surface area (Å²) in [6, 6.07) is 4.98. The highest BCUT2D eigenvalue weighted by Crippen LogP contribution is 2.00. The first-order valence-electron chi connectivity index (χ1n) is 3.17. The molecule has 0 spiro atoms. The van der Waals surface area contributed by atoms with Crippen LogP contribution in [0.1, 0.15) is 0 Å². The molecule has 2 heterocycles. The summed E-state index contributed by atoms with van der Waals surface area (Å²) in [6.45, 7) is 0. The predicted molar refractivity (Wildman–Crippen MR) is 40.2 cm³/mol. The lowest BCUT2D eigenvalue weighted by Crippen LogP contribution is -2.05. The molecule has 4 heteroatoms. The number of nitrogens with one attached hydrogen (secondary N) is 1. The quantitative estimate of drug-likeness (QED) is 0.583. The van der Waals surface area contributed by atoms with Gasteiger partial charge in [-0.1, -0.05) is 0 Å². The Morgan fingerprint density at radius 2 is 2.27 bits per heavy atom. The van der Waals surface area contributed by atoms with Crippen molar-refractivity contribution in [3.05, 3.63) is 34.7 Å². The fourth-order valence-corrected chi connectivity index (χ4v) is 0.887. The minimum absolute atomic E-state index is 0.226. The highest BCUT2D eigenvalue weighted by Gasteiger charge is 1.92. The molecule has 0 bridgehead atoms. The van der Waals surface area contributed by atoms with Crippen molar-refractivity contribution in [1.29, 1.82) is 0 Å². The fourth-order valence-electron chi connectivity index (χ4n) is 0.887. The summed E-state index contributed by atoms with van der Waals surface area (Å²) in [5.74, 6) is 0. The molecule has 0 aliphatic carbocycles. The molecule has 0 saturated heterocycles. The Balaban J connectivity index is 2.94. The van der Waals surface area contributed by atoms with E-state index in [-0.39, 0.29) is 5.56 Å². The van der Waals surface area contributed by atoms with Crippen molar-refractivity contribution < 1.29 is 0 Å². The molecule has 0 fully saturated rings. The lowest BCUT2D eigenvalue weighted by molar-refractivity contribution is 1.02. The first kappa shape index (κ1) is 6.03. The number of nitrogens with zero attached hydrogens (tertiary/aromatic N) is 2. The van der Waals surface area contributed by atoms with E-state index >= 15 is 0 Å². The lowest BCUT2D eigenvalue weighted by atomic mass is 10.3. The maximum absolute atomic E-state index is 10.7. The van der Waals surface area contributed by atoms with Gasteiger partial charge in [-0.05, 0) is 12.1 Å². The molecule has 1 N–H and O–H groups in total. The van der Waals surface area contributed by atoms with E-state index in [4.69, 9.17) is 0 Å². The van der Waals surface area contributed by atoms with Gasteiger partial charge in [-0.2, -0.15) is 5.10 Å². The second kappa shape index (κ2) is 2.16. The number of aromatic amines is 1. The number of H-pyrrole nitrogens is 1. The number of hydrogen-bond donors (Lipinski definition) is 1. The standard InChI is InChI=1S/C7H5N3O/c11-7-4-6-5(9-10-7)2-1-3-8-6/h1-4H,(H,10,11). The van der Waals surface area contributed by atoms with Crippen LogP contribution in [0.5, 0.6) is 0 Å². The molecule has 0 aromatic carbocycles. The summed E-state index contributed by atoms with van der Waals surface area (Å²) < 4.78 is 0. The smallest absolute Gasteiger partial charge is 0.266 e. The third-order valence-corrected chi connectivity index (χ3v) is 1.37. The minimum Gasteiger partial charge on any atom is -0.268 e. The van der Waals surface area contributed by atoms with Crippen LogP contribution in [0.3, 0.4) is 0 Å². The van der Waals surface area contributed by atoms with Crippen LogP contribution in [-0.4, -0.2) is 15.2 Å². The first-order valence-corrected chi connectivity index (χ1v) is 3.17. The predicted octanol–water partition coefficient (Wildman–Crippen LogP) is 0.318. The van der Waals surface area contributed by atoms with Crippen LogP contribution in [0.15, 0.2) is 29.2 Å². The molecule has 2 aromatic rings. The van der Waals surface area contributed by atoms with Gasteiger partial charge in [0.1, 0.15) is 5.52 Å². The van der Waals surface area contributed by atoms with Crippen LogP contribution >= 0.6 is 0 Å². The van der Waals surface area contributed by atoms with Gasteiger partial charge in [0.2, 0.25) is 0 Å². The Hall–Kier alpha value is -1.71. The van der Waals surface area contributed by atoms with Gasteiger partial charge in [-0.25, -0.2) is 5.10 Å². The Kier molecular flexibility index (Phi) is 1.18. The van der Waals surface area contributed by atoms with Gasteiger partial charge in [-0.3, -0.25) is 9.78 Å². The molecule has 0 amide bonds. The molecule has 54 valence electrons. The van der Waals surface area contributed by atoms with Crippen molar-refractivity contribution in [1.82, 2.24) is 15.2 Å². The highest BCUT2D eigenvalue weighted by molar-refractivity contribution is 5.72. The van der Waals surface area contributed by atoms with Gasteiger partial charge in [-0.15, -0.1) is 0 Å². The van der Waals surface area contributed by atoms with Crippen molar-refractivity contribution >= 4 is 11.0 Å². The molecule has 0 aliphatic heterocycles. The maximum Gasteiger partial charge on any atom is 0.266 e. The summed E-state index contributed by atoms with van der Waals surface area (Å²) >= 11 is 0. The lowest BCUT2D eigenvalue weighted by Gasteiger charge is -1.90. The van der Waals surface area contributed by atoms with E-state index in [1.165, 1.54) is 6.07 Å². The second-order valence-corrected chi connectivity index (χ2v) is 2.14. The Morgan fingerprint density at radius 3 is 3.18 bits per heavy atom. The van der Waals surface area contributed by atoms with Crippen molar-refractivity contribution in [2.24, 2.45) is 0 Å². The zero-order valence-electron chi connectivity index (χ0n) is 5.61. The van der Waals surface area contributed by atoms with Crippen molar-refractivity contribution in [3.8, 4) is 0 Å². The van der Waals surface area contributed by atoms with E-state index in [2.05, 4.69) is 15.2 Å². The SMILES string of the molecule is O=c1cc2ncccc2n[nH]1. The second-order valence-electron chi connectivity index (χ2n) is 2.14. The molecule has 0 atom stereocenters. The van der Waals surface area contributed by atoms with E-state index in [0.717, 1.165) is 0 Å². The van der Waals surface area contributed by atoms with Gasteiger partial charge in [0.25, 0.3) is 5.56 Å². The van der Waals surface area contributed by atoms with Gasteiger partial charge < -0.3 is 0 Å². The van der Waals surface area contributed by atoms with E-state index in [1.54, 1.807) is 18.3 Å². The van der Waals surface area contributed by atoms with E-state index in [1.807, 2.05) is 0 Å². The van der Waals surface area contributed by atoms with E-state index in [9.17, 15) is 4.79 Å². The minimum atomic E-state index is -0.226. The monoisotopic (exact) mass is 147 g/mol. The summed E-state index contributed by atoms with van der Waals surface area (Å²) in [5.41, 5.74) is 1.10. The molecule has 0 unspecified atom stereocenters. The van der Waals surface area contributed by atoms with E-state index in [0.29, 0.717) is 11.0 Å². The molecule has 0 aliphatic rings. The Bertz CT molecular complexity index is 435. The average Bonchev–Trinajstić information content (AvgIpc) is 2.04.